The highest BCUT2D eigenvalue weighted by molar-refractivity contribution is 5.88. The lowest BCUT2D eigenvalue weighted by Gasteiger charge is -2.18. The summed E-state index contributed by atoms with van der Waals surface area (Å²) in [5.41, 5.74) is -2.74. The normalized spacial score (nSPS) is 10.6. The van der Waals surface area contributed by atoms with Crippen LogP contribution in [0, 0.1) is 0 Å². The molecule has 0 amide bonds. The molecule has 23 heavy (non-hydrogen) atoms. The van der Waals surface area contributed by atoms with Crippen LogP contribution in [0.3, 0.4) is 0 Å². The van der Waals surface area contributed by atoms with E-state index in [9.17, 15) is 19.2 Å². The summed E-state index contributed by atoms with van der Waals surface area (Å²) in [5, 5.41) is 42.2. The Morgan fingerprint density at radius 3 is 1.39 bits per heavy atom. The van der Waals surface area contributed by atoms with Crippen LogP contribution in [0.25, 0.3) is 0 Å². The van der Waals surface area contributed by atoms with E-state index in [1.807, 2.05) is 0 Å². The molecule has 0 aromatic heterocycles. The molecule has 0 spiro atoms. The Bertz CT molecular complexity index is 395. The second kappa shape index (κ2) is 11.3. The predicted molar refractivity (Wildman–Crippen MR) is 71.8 cm³/mol. The summed E-state index contributed by atoms with van der Waals surface area (Å²) in [6.45, 7) is 4.12. The fourth-order valence-electron chi connectivity index (χ4n) is 1.21. The molecule has 0 atom stereocenters. The standard InChI is InChI=1S/C6H8O7.C6H12O4/c7-3(8)1-6(13,5(11)12)2-4(9)10;1-3-9-6(5(7)8)10-4-2/h13H,1-2H2,(H,7,8)(H,9,10)(H,11,12);6H,3-4H2,1-2H3,(H,7,8). The number of carboxylic acid groups (broad SMARTS) is 4. The maximum Gasteiger partial charge on any atom is 0.361 e. The van der Waals surface area contributed by atoms with Gasteiger partial charge in [0.1, 0.15) is 0 Å². The summed E-state index contributed by atoms with van der Waals surface area (Å²) >= 11 is 0. The van der Waals surface area contributed by atoms with Gasteiger partial charge in [-0.3, -0.25) is 9.59 Å². The van der Waals surface area contributed by atoms with Crippen LogP contribution in [0.1, 0.15) is 26.7 Å². The summed E-state index contributed by atoms with van der Waals surface area (Å²) in [7, 11) is 0. The van der Waals surface area contributed by atoms with Crippen LogP contribution < -0.4 is 0 Å². The molecule has 5 N–H and O–H groups in total. The van der Waals surface area contributed by atoms with Gasteiger partial charge in [0.05, 0.1) is 12.8 Å². The van der Waals surface area contributed by atoms with Gasteiger partial charge in [0.25, 0.3) is 6.29 Å². The molecule has 0 aliphatic rings. The van der Waals surface area contributed by atoms with Gasteiger partial charge >= 0.3 is 23.9 Å². The van der Waals surface area contributed by atoms with Crippen LogP contribution in [0.15, 0.2) is 0 Å². The van der Waals surface area contributed by atoms with Crippen molar-refractivity contribution in [2.75, 3.05) is 13.2 Å². The summed E-state index contributed by atoms with van der Waals surface area (Å²) in [6.07, 6.45) is -3.39. The minimum atomic E-state index is -2.74. The fourth-order valence-corrected chi connectivity index (χ4v) is 1.21. The van der Waals surface area contributed by atoms with Crippen LogP contribution in [-0.2, 0) is 28.7 Å². The Balaban J connectivity index is 0. The molecule has 0 bridgehead atoms. The van der Waals surface area contributed by atoms with Crippen molar-refractivity contribution in [1.82, 2.24) is 0 Å². The number of hydrogen-bond acceptors (Lipinski definition) is 7. The van der Waals surface area contributed by atoms with E-state index in [4.69, 9.17) is 35.0 Å². The number of carbonyl (C=O) groups is 4. The van der Waals surface area contributed by atoms with E-state index >= 15 is 0 Å². The molecule has 0 saturated carbocycles. The molecule has 0 fully saturated rings. The summed E-state index contributed by atoms with van der Waals surface area (Å²) < 4.78 is 9.44. The Hall–Kier alpha value is -2.24. The minimum absolute atomic E-state index is 0.344. The fraction of sp³-hybridized carbons (Fsp3) is 0.667. The third kappa shape index (κ3) is 11.0. The molecule has 0 unspecified atom stereocenters. The SMILES string of the molecule is CCOC(OCC)C(=O)O.O=C(O)CC(O)(CC(=O)O)C(=O)O. The lowest BCUT2D eigenvalue weighted by Crippen LogP contribution is -2.42. The second-order valence-corrected chi connectivity index (χ2v) is 4.06. The van der Waals surface area contributed by atoms with Crippen molar-refractivity contribution in [1.29, 1.82) is 0 Å². The lowest BCUT2D eigenvalue weighted by atomic mass is 9.96. The first kappa shape index (κ1) is 23.0. The van der Waals surface area contributed by atoms with Gasteiger partial charge in [-0.15, -0.1) is 0 Å². The highest BCUT2D eigenvalue weighted by atomic mass is 16.7. The summed E-state index contributed by atoms with van der Waals surface area (Å²) in [4.78, 5) is 40.7. The molecular formula is C12H20O11. The first-order valence-corrected chi connectivity index (χ1v) is 6.35. The van der Waals surface area contributed by atoms with Gasteiger partial charge in [-0.1, -0.05) is 0 Å². The van der Waals surface area contributed by atoms with Crippen molar-refractivity contribution in [3.8, 4) is 0 Å². The highest BCUT2D eigenvalue weighted by Gasteiger charge is 2.40. The number of rotatable bonds is 10. The van der Waals surface area contributed by atoms with Crippen LogP contribution in [0.2, 0.25) is 0 Å². The molecule has 11 nitrogen and oxygen atoms in total. The Kier molecular flexibility index (Phi) is 11.4. The maximum atomic E-state index is 10.3. The van der Waals surface area contributed by atoms with Gasteiger partial charge < -0.3 is 35.0 Å². The van der Waals surface area contributed by atoms with Crippen LogP contribution in [0.4, 0.5) is 0 Å². The van der Waals surface area contributed by atoms with E-state index < -0.39 is 48.6 Å². The van der Waals surface area contributed by atoms with E-state index in [0.29, 0.717) is 13.2 Å². The molecule has 0 radical (unpaired) electrons. The Morgan fingerprint density at radius 1 is 0.870 bits per heavy atom. The molecule has 134 valence electrons. The first-order chi connectivity index (χ1) is 10.5. The van der Waals surface area contributed by atoms with Crippen molar-refractivity contribution in [3.63, 3.8) is 0 Å². The van der Waals surface area contributed by atoms with Crippen LogP contribution in [-0.4, -0.2) is 74.5 Å². The van der Waals surface area contributed by atoms with Gasteiger partial charge in [0, 0.05) is 13.2 Å². The molecule has 0 aliphatic carbocycles. The number of aliphatic hydroxyl groups is 1. The zero-order valence-electron chi connectivity index (χ0n) is 12.6. The zero-order chi connectivity index (χ0) is 18.6. The van der Waals surface area contributed by atoms with Crippen LogP contribution in [0.5, 0.6) is 0 Å². The largest absolute Gasteiger partial charge is 0.481 e. The third-order valence-electron chi connectivity index (χ3n) is 2.12. The smallest absolute Gasteiger partial charge is 0.361 e. The van der Waals surface area contributed by atoms with Crippen molar-refractivity contribution in [3.05, 3.63) is 0 Å². The Morgan fingerprint density at radius 2 is 1.22 bits per heavy atom. The molecule has 0 aromatic carbocycles. The van der Waals surface area contributed by atoms with Crippen molar-refractivity contribution in [2.24, 2.45) is 0 Å². The van der Waals surface area contributed by atoms with Gasteiger partial charge in [0.2, 0.25) is 0 Å². The topological polar surface area (TPSA) is 188 Å². The zero-order valence-corrected chi connectivity index (χ0v) is 12.6. The van der Waals surface area contributed by atoms with Crippen molar-refractivity contribution < 1.29 is 54.2 Å². The number of hydrogen-bond donors (Lipinski definition) is 5. The third-order valence-corrected chi connectivity index (χ3v) is 2.12. The van der Waals surface area contributed by atoms with Crippen LogP contribution >= 0.6 is 0 Å². The monoisotopic (exact) mass is 340 g/mol. The quantitative estimate of drug-likeness (QED) is 0.314. The van der Waals surface area contributed by atoms with Gasteiger partial charge in [0.15, 0.2) is 5.60 Å². The van der Waals surface area contributed by atoms with E-state index in [2.05, 4.69) is 0 Å². The lowest BCUT2D eigenvalue weighted by molar-refractivity contribution is -0.187. The van der Waals surface area contributed by atoms with E-state index in [1.165, 1.54) is 0 Å². The van der Waals surface area contributed by atoms with Crippen molar-refractivity contribution >= 4 is 23.9 Å². The van der Waals surface area contributed by atoms with Crippen molar-refractivity contribution in [2.45, 2.75) is 38.6 Å². The average Bonchev–Trinajstić information content (AvgIpc) is 2.36. The molecule has 0 aliphatic heterocycles. The predicted octanol–water partition coefficient (Wildman–Crippen LogP) is -0.778. The highest BCUT2D eigenvalue weighted by Crippen LogP contribution is 2.15. The Labute approximate surface area is 131 Å². The summed E-state index contributed by atoms with van der Waals surface area (Å²) in [5.74, 6) is -6.10. The van der Waals surface area contributed by atoms with Gasteiger partial charge in [-0.05, 0) is 13.8 Å². The molecule has 0 saturated heterocycles. The molecule has 0 aromatic rings. The first-order valence-electron chi connectivity index (χ1n) is 6.35. The average molecular weight is 340 g/mol. The second-order valence-electron chi connectivity index (χ2n) is 4.06. The molecule has 0 heterocycles. The minimum Gasteiger partial charge on any atom is -0.481 e. The van der Waals surface area contributed by atoms with Gasteiger partial charge in [-0.25, -0.2) is 9.59 Å². The van der Waals surface area contributed by atoms with E-state index in [0.717, 1.165) is 0 Å². The maximum absolute atomic E-state index is 10.3. The molecule has 0 rings (SSSR count). The van der Waals surface area contributed by atoms with Gasteiger partial charge in [-0.2, -0.15) is 0 Å². The number of ether oxygens (including phenoxy) is 2. The summed E-state index contributed by atoms with van der Waals surface area (Å²) in [6, 6.07) is 0. The van der Waals surface area contributed by atoms with E-state index in [-0.39, 0.29) is 0 Å². The number of aliphatic carboxylic acids is 4. The van der Waals surface area contributed by atoms with E-state index in [1.54, 1.807) is 13.8 Å². The molecular weight excluding hydrogens is 320 g/mol. The molecule has 11 heteroatoms. The number of carboxylic acids is 4.